The van der Waals surface area contributed by atoms with Crippen molar-refractivity contribution >= 4 is 23.5 Å². The van der Waals surface area contributed by atoms with Gasteiger partial charge in [-0.25, -0.2) is 4.79 Å². The number of carbonyl (C=O) groups is 3. The average molecular weight is 606 g/mol. The molecule has 4 rings (SSSR count). The Bertz CT molecular complexity index is 1650. The Morgan fingerprint density at radius 3 is 2.16 bits per heavy atom. The second-order valence-electron chi connectivity index (χ2n) is 11.1. The zero-order valence-corrected chi connectivity index (χ0v) is 24.7. The Balaban J connectivity index is 1.98. The summed E-state index contributed by atoms with van der Waals surface area (Å²) in [5.74, 6) is -0.825. The summed E-state index contributed by atoms with van der Waals surface area (Å²) in [6, 6.07) is 16.5. The summed E-state index contributed by atoms with van der Waals surface area (Å²) in [5, 5.41) is 9.34. The van der Waals surface area contributed by atoms with Gasteiger partial charge in [-0.1, -0.05) is 18.2 Å². The number of hydrogen-bond donors (Lipinski definition) is 0. The number of benzene rings is 3. The largest absolute Gasteiger partial charge is 0.497 e. The molecule has 0 saturated heterocycles. The lowest BCUT2D eigenvalue weighted by Gasteiger charge is -2.43. The summed E-state index contributed by atoms with van der Waals surface area (Å²) in [6.07, 6.45) is -4.70. The molecule has 44 heavy (non-hydrogen) atoms. The first kappa shape index (κ1) is 31.8. The zero-order valence-electron chi connectivity index (χ0n) is 24.7. The molecule has 0 fully saturated rings. The second kappa shape index (κ2) is 12.2. The highest BCUT2D eigenvalue weighted by Crippen LogP contribution is 2.42. The van der Waals surface area contributed by atoms with Crippen LogP contribution >= 0.6 is 0 Å². The number of rotatable bonds is 7. The molecule has 11 heteroatoms. The van der Waals surface area contributed by atoms with Crippen LogP contribution in [0.4, 0.5) is 23.7 Å². The summed E-state index contributed by atoms with van der Waals surface area (Å²) < 4.78 is 51.8. The van der Waals surface area contributed by atoms with Gasteiger partial charge in [-0.15, -0.1) is 0 Å². The number of halogens is 3. The summed E-state index contributed by atoms with van der Waals surface area (Å²) >= 11 is 0. The van der Waals surface area contributed by atoms with Gasteiger partial charge in [0, 0.05) is 16.8 Å². The van der Waals surface area contributed by atoms with E-state index in [4.69, 9.17) is 9.47 Å². The fraction of sp³-hybridized carbons (Fsp3) is 0.273. The van der Waals surface area contributed by atoms with Crippen LogP contribution in [0.15, 0.2) is 84.1 Å². The first-order valence-electron chi connectivity index (χ1n) is 13.5. The van der Waals surface area contributed by atoms with Crippen molar-refractivity contribution in [2.24, 2.45) is 0 Å². The highest BCUT2D eigenvalue weighted by Gasteiger charge is 2.44. The number of carbonyl (C=O) groups excluding carboxylic acids is 3. The maximum absolute atomic E-state index is 14.3. The van der Waals surface area contributed by atoms with Gasteiger partial charge in [0.25, 0.3) is 0 Å². The van der Waals surface area contributed by atoms with Crippen molar-refractivity contribution in [3.8, 4) is 11.8 Å². The van der Waals surface area contributed by atoms with Crippen LogP contribution in [0, 0.1) is 11.3 Å². The smallest absolute Gasteiger partial charge is 0.416 e. The first-order chi connectivity index (χ1) is 20.6. The number of nitrogens with zero attached hydrogens (tertiary/aromatic N) is 3. The number of urea groups is 1. The van der Waals surface area contributed by atoms with E-state index in [2.05, 4.69) is 0 Å². The van der Waals surface area contributed by atoms with Crippen LogP contribution in [-0.2, 0) is 15.7 Å². The van der Waals surface area contributed by atoms with Gasteiger partial charge >= 0.3 is 18.2 Å². The fourth-order valence-electron chi connectivity index (χ4n) is 4.93. The van der Waals surface area contributed by atoms with Crippen LogP contribution in [0.1, 0.15) is 60.8 Å². The van der Waals surface area contributed by atoms with E-state index in [1.54, 1.807) is 45.0 Å². The molecule has 0 N–H and O–H groups in total. The molecule has 0 saturated carbocycles. The van der Waals surface area contributed by atoms with Crippen molar-refractivity contribution in [1.29, 1.82) is 5.26 Å². The molecule has 0 aliphatic carbocycles. The third kappa shape index (κ3) is 6.75. The van der Waals surface area contributed by atoms with Gasteiger partial charge in [0.2, 0.25) is 0 Å². The van der Waals surface area contributed by atoms with E-state index >= 15 is 0 Å². The highest BCUT2D eigenvalue weighted by molar-refractivity contribution is 6.13. The Labute approximate surface area is 252 Å². The van der Waals surface area contributed by atoms with Crippen LogP contribution in [0.2, 0.25) is 0 Å². The lowest BCUT2D eigenvalue weighted by atomic mass is 9.87. The number of alkyl halides is 3. The minimum Gasteiger partial charge on any atom is -0.497 e. The number of methoxy groups -OCH3 is 1. The van der Waals surface area contributed by atoms with Crippen LogP contribution in [0.3, 0.4) is 0 Å². The fourth-order valence-corrected chi connectivity index (χ4v) is 4.93. The van der Waals surface area contributed by atoms with E-state index in [9.17, 15) is 32.8 Å². The van der Waals surface area contributed by atoms with Gasteiger partial charge in [0.1, 0.15) is 17.9 Å². The van der Waals surface area contributed by atoms with Crippen molar-refractivity contribution in [1.82, 2.24) is 4.90 Å². The van der Waals surface area contributed by atoms with Crippen molar-refractivity contribution in [3.63, 3.8) is 0 Å². The molecule has 3 aromatic rings. The predicted octanol–water partition coefficient (Wildman–Crippen LogP) is 7.07. The molecule has 0 aromatic heterocycles. The van der Waals surface area contributed by atoms with Gasteiger partial charge in [-0.2, -0.15) is 18.4 Å². The maximum atomic E-state index is 14.3. The van der Waals surface area contributed by atoms with Gasteiger partial charge in [-0.3, -0.25) is 14.5 Å². The summed E-state index contributed by atoms with van der Waals surface area (Å²) in [5.41, 5.74) is -0.987. The minimum atomic E-state index is -4.70. The minimum absolute atomic E-state index is 0.0421. The van der Waals surface area contributed by atoms with Crippen molar-refractivity contribution in [2.75, 3.05) is 18.6 Å². The summed E-state index contributed by atoms with van der Waals surface area (Å²) in [4.78, 5) is 43.7. The summed E-state index contributed by atoms with van der Waals surface area (Å²) in [6.45, 7) is 5.80. The molecule has 1 aliphatic heterocycles. The Hall–Kier alpha value is -5.11. The standard InChI is InChI=1S/C33H30F3N3O5/c1-20-28(30(41)23-13-15-26(43-5)16-14-23)29(22-11-9-21(18-37)10-12-22)38(19-27(40)44-32(2,3)4)31(42)39(20)25-8-6-7-24(17-25)33(34,35)36/h6-17,29H,19H2,1-5H3. The number of hydrogen-bond acceptors (Lipinski definition) is 6. The van der Waals surface area contributed by atoms with Crippen LogP contribution in [0.5, 0.6) is 5.75 Å². The molecule has 8 nitrogen and oxygen atoms in total. The number of esters is 1. The predicted molar refractivity (Wildman–Crippen MR) is 156 cm³/mol. The molecule has 2 amide bonds. The quantitative estimate of drug-likeness (QED) is 0.211. The molecule has 1 atom stereocenters. The lowest BCUT2D eigenvalue weighted by Crippen LogP contribution is -2.53. The third-order valence-corrected chi connectivity index (χ3v) is 6.85. The van der Waals surface area contributed by atoms with E-state index in [-0.39, 0.29) is 22.5 Å². The molecule has 1 aliphatic rings. The molecule has 0 radical (unpaired) electrons. The molecular formula is C33H30F3N3O5. The maximum Gasteiger partial charge on any atom is 0.416 e. The molecule has 0 spiro atoms. The lowest BCUT2D eigenvalue weighted by molar-refractivity contribution is -0.155. The van der Waals surface area contributed by atoms with E-state index in [1.165, 1.54) is 44.4 Å². The Morgan fingerprint density at radius 1 is 0.977 bits per heavy atom. The van der Waals surface area contributed by atoms with E-state index in [0.717, 1.165) is 28.0 Å². The number of Topliss-reactive ketones (excluding diaryl/α,β-unsaturated/α-hetero) is 1. The van der Waals surface area contributed by atoms with E-state index < -0.39 is 47.7 Å². The number of ketones is 1. The van der Waals surface area contributed by atoms with Crippen molar-refractivity contribution in [2.45, 2.75) is 45.5 Å². The molecule has 1 unspecified atom stereocenters. The molecule has 0 bridgehead atoms. The molecule has 3 aromatic carbocycles. The first-order valence-corrected chi connectivity index (χ1v) is 13.5. The monoisotopic (exact) mass is 605 g/mol. The van der Waals surface area contributed by atoms with Crippen LogP contribution in [0.25, 0.3) is 0 Å². The molecule has 228 valence electrons. The van der Waals surface area contributed by atoms with Crippen LogP contribution < -0.4 is 9.64 Å². The second-order valence-corrected chi connectivity index (χ2v) is 11.1. The van der Waals surface area contributed by atoms with Gasteiger partial charge in [0.15, 0.2) is 5.78 Å². The SMILES string of the molecule is COc1ccc(C(=O)C2=C(C)N(c3cccc(C(F)(F)F)c3)C(=O)N(CC(=O)OC(C)(C)C)C2c2ccc(C#N)cc2)cc1. The Kier molecular flexibility index (Phi) is 8.86. The van der Waals surface area contributed by atoms with E-state index in [1.807, 2.05) is 6.07 Å². The number of allylic oxidation sites excluding steroid dienone is 1. The van der Waals surface area contributed by atoms with Gasteiger partial charge in [-0.05, 0) is 87.9 Å². The molecular weight excluding hydrogens is 575 g/mol. The van der Waals surface area contributed by atoms with Crippen LogP contribution in [-0.4, -0.2) is 41.9 Å². The number of anilines is 1. The third-order valence-electron chi connectivity index (χ3n) is 6.85. The normalized spacial score (nSPS) is 15.6. The summed E-state index contributed by atoms with van der Waals surface area (Å²) in [7, 11) is 1.47. The van der Waals surface area contributed by atoms with E-state index in [0.29, 0.717) is 16.9 Å². The average Bonchev–Trinajstić information content (AvgIpc) is 2.97. The zero-order chi connectivity index (χ0) is 32.4. The topological polar surface area (TPSA) is 99.9 Å². The van der Waals surface area contributed by atoms with Gasteiger partial charge in [0.05, 0.1) is 36.0 Å². The van der Waals surface area contributed by atoms with Crippen molar-refractivity contribution in [3.05, 3.63) is 106 Å². The number of nitriles is 1. The number of amides is 2. The Morgan fingerprint density at radius 2 is 1.61 bits per heavy atom. The van der Waals surface area contributed by atoms with Crippen molar-refractivity contribution < 1.29 is 37.0 Å². The highest BCUT2D eigenvalue weighted by atomic mass is 19.4. The number of ether oxygens (including phenoxy) is 2. The van der Waals surface area contributed by atoms with Gasteiger partial charge < -0.3 is 14.4 Å². The molecule has 1 heterocycles.